The molecule has 0 spiro atoms. The van der Waals surface area contributed by atoms with Gasteiger partial charge in [0.2, 0.25) is 11.9 Å². The van der Waals surface area contributed by atoms with Crippen LogP contribution in [0.3, 0.4) is 0 Å². The average Bonchev–Trinajstić information content (AvgIpc) is 2.96. The first-order chi connectivity index (χ1) is 20.5. The molecule has 0 atom stereocenters. The molecule has 3 aromatic rings. The number of rotatable bonds is 16. The first-order valence-corrected chi connectivity index (χ1v) is 16.4. The molecule has 0 saturated heterocycles. The Balaban J connectivity index is 2.06. The smallest absolute Gasteiger partial charge is 0.265 e. The van der Waals surface area contributed by atoms with Gasteiger partial charge in [-0.25, -0.2) is 0 Å². The van der Waals surface area contributed by atoms with Crippen LogP contribution >= 0.6 is 11.8 Å². The van der Waals surface area contributed by atoms with E-state index in [1.165, 1.54) is 0 Å². The molecular weight excluding hydrogens is 594 g/mol. The van der Waals surface area contributed by atoms with Crippen molar-refractivity contribution in [3.8, 4) is 11.5 Å². The topological polar surface area (TPSA) is 194 Å². The van der Waals surface area contributed by atoms with Crippen molar-refractivity contribution < 1.29 is 22.4 Å². The van der Waals surface area contributed by atoms with Crippen LogP contribution in [0.15, 0.2) is 29.4 Å². The van der Waals surface area contributed by atoms with Crippen LogP contribution < -0.4 is 41.4 Å². The number of anilines is 8. The maximum Gasteiger partial charge on any atom is 0.265 e. The molecule has 7 N–H and O–H groups in total. The highest BCUT2D eigenvalue weighted by Gasteiger charge is 2.18. The van der Waals surface area contributed by atoms with E-state index in [2.05, 4.69) is 35.4 Å². The zero-order valence-corrected chi connectivity index (χ0v) is 27.0. The lowest BCUT2D eigenvalue weighted by Gasteiger charge is -2.25. The van der Waals surface area contributed by atoms with Gasteiger partial charge in [-0.05, 0) is 39.8 Å². The molecule has 0 radical (unpaired) electrons. The van der Waals surface area contributed by atoms with E-state index in [1.807, 2.05) is 39.8 Å². The standard InChI is InChI=1S/C27H41N9O5S2/c1-7-35(8-2)21-15-19(17(28)13-23(21)40-5)30-25-32-26(34-27(33-25)42-11-12-43(37,38)39)31-20-16-22(36(9-3)10-4)24(41-6)14-18(20)29/h13-16H,7-12,28-29H2,1-6H3,(H,37,38,39)(H2,30,31,32,33,34). The molecule has 1 aromatic heterocycles. The summed E-state index contributed by atoms with van der Waals surface area (Å²) in [6.07, 6.45) is 0. The Hall–Kier alpha value is -3.89. The molecule has 0 aliphatic carbocycles. The van der Waals surface area contributed by atoms with Gasteiger partial charge in [0.25, 0.3) is 10.1 Å². The first-order valence-electron chi connectivity index (χ1n) is 13.8. The normalized spacial score (nSPS) is 11.2. The molecular formula is C27H41N9O5S2. The highest BCUT2D eigenvalue weighted by Crippen LogP contribution is 2.38. The van der Waals surface area contributed by atoms with Crippen molar-refractivity contribution in [3.63, 3.8) is 0 Å². The van der Waals surface area contributed by atoms with Crippen molar-refractivity contribution in [1.82, 2.24) is 15.0 Å². The number of thioether (sulfide) groups is 1. The van der Waals surface area contributed by atoms with Gasteiger partial charge in [-0.3, -0.25) is 4.55 Å². The second-order valence-electron chi connectivity index (χ2n) is 9.22. The average molecular weight is 636 g/mol. The molecule has 0 unspecified atom stereocenters. The molecule has 0 bridgehead atoms. The zero-order valence-electron chi connectivity index (χ0n) is 25.3. The second kappa shape index (κ2) is 15.0. The van der Waals surface area contributed by atoms with Crippen LogP contribution in [0.5, 0.6) is 11.5 Å². The van der Waals surface area contributed by atoms with Gasteiger partial charge in [-0.15, -0.1) is 0 Å². The Bertz CT molecular complexity index is 1410. The first kappa shape index (κ1) is 33.6. The molecule has 236 valence electrons. The van der Waals surface area contributed by atoms with Gasteiger partial charge < -0.3 is 41.4 Å². The fourth-order valence-electron chi connectivity index (χ4n) is 4.35. The van der Waals surface area contributed by atoms with Crippen molar-refractivity contribution in [2.24, 2.45) is 0 Å². The summed E-state index contributed by atoms with van der Waals surface area (Å²) in [5.74, 6) is 1.13. The maximum absolute atomic E-state index is 11.3. The van der Waals surface area contributed by atoms with Crippen LogP contribution in [0, 0.1) is 0 Å². The summed E-state index contributed by atoms with van der Waals surface area (Å²) in [7, 11) is -0.984. The van der Waals surface area contributed by atoms with E-state index in [4.69, 9.17) is 20.9 Å². The van der Waals surface area contributed by atoms with E-state index in [0.29, 0.717) is 34.2 Å². The van der Waals surface area contributed by atoms with Crippen LogP contribution in [0.4, 0.5) is 46.0 Å². The van der Waals surface area contributed by atoms with Crippen molar-refractivity contribution in [1.29, 1.82) is 0 Å². The molecule has 43 heavy (non-hydrogen) atoms. The molecule has 0 fully saturated rings. The van der Waals surface area contributed by atoms with E-state index in [1.54, 1.807) is 26.4 Å². The number of ether oxygens (including phenoxy) is 2. The number of methoxy groups -OCH3 is 2. The summed E-state index contributed by atoms with van der Waals surface area (Å²) in [5, 5.41) is 6.56. The summed E-state index contributed by atoms with van der Waals surface area (Å²) in [5.41, 5.74) is 16.3. The van der Waals surface area contributed by atoms with E-state index < -0.39 is 15.9 Å². The quantitative estimate of drug-likeness (QED) is 0.0852. The third-order valence-corrected chi connectivity index (χ3v) is 8.42. The number of hydrogen-bond donors (Lipinski definition) is 5. The number of nitrogen functional groups attached to an aromatic ring is 2. The van der Waals surface area contributed by atoms with Crippen molar-refractivity contribution in [2.45, 2.75) is 32.9 Å². The fourth-order valence-corrected chi connectivity index (χ4v) is 6.01. The Morgan fingerprint density at radius 2 is 1.21 bits per heavy atom. The van der Waals surface area contributed by atoms with Crippen molar-refractivity contribution in [2.75, 3.05) is 83.8 Å². The lowest BCUT2D eigenvalue weighted by atomic mass is 10.2. The van der Waals surface area contributed by atoms with Gasteiger partial charge in [0, 0.05) is 44.1 Å². The van der Waals surface area contributed by atoms with Gasteiger partial charge in [0.05, 0.1) is 54.1 Å². The van der Waals surface area contributed by atoms with Crippen LogP contribution in [-0.4, -0.2) is 79.8 Å². The van der Waals surface area contributed by atoms with E-state index in [9.17, 15) is 13.0 Å². The van der Waals surface area contributed by atoms with Gasteiger partial charge in [-0.1, -0.05) is 11.8 Å². The Kier molecular flexibility index (Phi) is 11.7. The number of hydrogen-bond acceptors (Lipinski definition) is 14. The van der Waals surface area contributed by atoms with Gasteiger partial charge in [0.1, 0.15) is 11.5 Å². The molecule has 0 amide bonds. The third kappa shape index (κ3) is 8.81. The highest BCUT2D eigenvalue weighted by molar-refractivity contribution is 8.00. The minimum atomic E-state index is -4.16. The van der Waals surface area contributed by atoms with Gasteiger partial charge >= 0.3 is 0 Å². The molecule has 16 heteroatoms. The van der Waals surface area contributed by atoms with Crippen LogP contribution in [0.2, 0.25) is 0 Å². The van der Waals surface area contributed by atoms with Crippen molar-refractivity contribution in [3.05, 3.63) is 24.3 Å². The Morgan fingerprint density at radius 3 is 1.56 bits per heavy atom. The van der Waals surface area contributed by atoms with Crippen molar-refractivity contribution >= 4 is 67.9 Å². The molecule has 0 saturated carbocycles. The summed E-state index contributed by atoms with van der Waals surface area (Å²) < 4.78 is 42.9. The monoisotopic (exact) mass is 635 g/mol. The lowest BCUT2D eigenvalue weighted by Crippen LogP contribution is -2.22. The maximum atomic E-state index is 11.3. The SMILES string of the molecule is CCN(CC)c1cc(Nc2nc(Nc3cc(N(CC)CC)c(OC)cc3N)nc(SCCS(=O)(=O)O)n2)c(N)cc1OC. The minimum Gasteiger partial charge on any atom is -0.495 e. The fraction of sp³-hybridized carbons (Fsp3) is 0.444. The predicted octanol–water partition coefficient (Wildman–Crippen LogP) is 4.21. The van der Waals surface area contributed by atoms with E-state index >= 15 is 0 Å². The number of nitrogens with zero attached hydrogens (tertiary/aromatic N) is 5. The predicted molar refractivity (Wildman–Crippen MR) is 175 cm³/mol. The molecule has 0 aliphatic rings. The largest absolute Gasteiger partial charge is 0.495 e. The molecule has 14 nitrogen and oxygen atoms in total. The number of nitrogens with one attached hydrogen (secondary N) is 2. The highest BCUT2D eigenvalue weighted by atomic mass is 32.2. The third-order valence-electron chi connectivity index (χ3n) is 6.59. The minimum absolute atomic E-state index is 0.0231. The molecule has 2 aromatic carbocycles. The van der Waals surface area contributed by atoms with Gasteiger partial charge in [-0.2, -0.15) is 23.4 Å². The lowest BCUT2D eigenvalue weighted by molar-refractivity contribution is 0.414. The summed E-state index contributed by atoms with van der Waals surface area (Å²) >= 11 is 1.05. The van der Waals surface area contributed by atoms with Crippen LogP contribution in [0.1, 0.15) is 27.7 Å². The molecule has 0 aliphatic heterocycles. The van der Waals surface area contributed by atoms with Gasteiger partial charge in [0.15, 0.2) is 5.16 Å². The summed E-state index contributed by atoms with van der Waals surface area (Å²) in [6, 6.07) is 7.18. The molecule has 1 heterocycles. The van der Waals surface area contributed by atoms with E-state index in [0.717, 1.165) is 49.3 Å². The molecule has 3 rings (SSSR count). The summed E-state index contributed by atoms with van der Waals surface area (Å²) in [4.78, 5) is 17.7. The van der Waals surface area contributed by atoms with Crippen LogP contribution in [0.25, 0.3) is 0 Å². The Labute approximate surface area is 257 Å². The number of benzene rings is 2. The van der Waals surface area contributed by atoms with E-state index in [-0.39, 0.29) is 22.8 Å². The number of aromatic nitrogens is 3. The summed E-state index contributed by atoms with van der Waals surface area (Å²) in [6.45, 7) is 11.2. The zero-order chi connectivity index (χ0) is 31.7. The van der Waals surface area contributed by atoms with Crippen LogP contribution in [-0.2, 0) is 10.1 Å². The Morgan fingerprint density at radius 1 is 0.791 bits per heavy atom. The number of nitrogens with two attached hydrogens (primary N) is 2. The second-order valence-corrected chi connectivity index (χ2v) is 11.9.